The molecular formula is C36H37F2N4O8PS. The molecule has 1 aliphatic carbocycles. The van der Waals surface area contributed by atoms with Gasteiger partial charge in [-0.1, -0.05) is 51.1 Å². The van der Waals surface area contributed by atoms with E-state index in [2.05, 4.69) is 5.09 Å². The van der Waals surface area contributed by atoms with Gasteiger partial charge in [0.1, 0.15) is 12.2 Å². The number of hydrogen-bond acceptors (Lipinski definition) is 10. The molecule has 1 N–H and O–H groups in total. The van der Waals surface area contributed by atoms with Gasteiger partial charge in [-0.3, -0.25) is 28.6 Å². The van der Waals surface area contributed by atoms with E-state index in [-0.39, 0.29) is 37.6 Å². The van der Waals surface area contributed by atoms with Crippen molar-refractivity contribution >= 4 is 31.0 Å². The monoisotopic (exact) mass is 754 g/mol. The molecule has 0 saturated carbocycles. The minimum absolute atomic E-state index is 0.0400. The van der Waals surface area contributed by atoms with Crippen molar-refractivity contribution in [3.63, 3.8) is 0 Å². The van der Waals surface area contributed by atoms with E-state index in [0.29, 0.717) is 11.1 Å². The second-order valence-corrected chi connectivity index (χ2v) is 16.2. The highest BCUT2D eigenvalue weighted by Crippen LogP contribution is 2.52. The number of morpholine rings is 1. The van der Waals surface area contributed by atoms with Crippen LogP contribution in [0, 0.1) is 17.0 Å². The van der Waals surface area contributed by atoms with Crippen molar-refractivity contribution in [2.75, 3.05) is 38.5 Å². The average molecular weight is 755 g/mol. The Balaban J connectivity index is 1.46. The molecule has 16 heteroatoms. The van der Waals surface area contributed by atoms with Crippen LogP contribution in [0.1, 0.15) is 55.4 Å². The first-order valence-corrected chi connectivity index (χ1v) is 19.1. The quantitative estimate of drug-likeness (QED) is 0.167. The van der Waals surface area contributed by atoms with Gasteiger partial charge in [0.25, 0.3) is 5.91 Å². The maximum atomic E-state index is 16.1. The number of carbonyl (C=O) groups is 2. The molecule has 1 fully saturated rings. The molecule has 274 valence electrons. The Hall–Kier alpha value is -4.40. The van der Waals surface area contributed by atoms with Crippen LogP contribution in [0.4, 0.5) is 8.78 Å². The molecule has 2 aromatic carbocycles. The van der Waals surface area contributed by atoms with E-state index in [4.69, 9.17) is 18.5 Å². The number of carbonyl (C=O) groups excluding carboxylic acids is 2. The van der Waals surface area contributed by atoms with Crippen molar-refractivity contribution in [3.8, 4) is 27.3 Å². The van der Waals surface area contributed by atoms with Crippen molar-refractivity contribution in [1.82, 2.24) is 14.7 Å². The van der Waals surface area contributed by atoms with Crippen LogP contribution < -0.4 is 20.0 Å². The zero-order valence-corrected chi connectivity index (χ0v) is 30.8. The van der Waals surface area contributed by atoms with Gasteiger partial charge < -0.3 is 18.9 Å². The number of esters is 1. The highest BCUT2D eigenvalue weighted by molar-refractivity contribution is 7.52. The topological polar surface area (TPSA) is 129 Å². The Labute approximate surface area is 302 Å². The largest absolute Gasteiger partial charge is 0.468 e. The zero-order valence-electron chi connectivity index (χ0n) is 29.1. The Morgan fingerprint density at radius 1 is 1.10 bits per heavy atom. The summed E-state index contributed by atoms with van der Waals surface area (Å²) < 4.78 is 69.5. The van der Waals surface area contributed by atoms with Crippen LogP contribution in [0.15, 0.2) is 64.9 Å². The summed E-state index contributed by atoms with van der Waals surface area (Å²) in [7, 11) is -3.39. The molecule has 1 amide bonds. The third-order valence-electron chi connectivity index (χ3n) is 9.38. The van der Waals surface area contributed by atoms with Crippen molar-refractivity contribution in [2.24, 2.45) is 5.41 Å². The Kier molecular flexibility index (Phi) is 9.37. The lowest BCUT2D eigenvalue weighted by atomic mass is 9.87. The van der Waals surface area contributed by atoms with Crippen LogP contribution >= 0.6 is 19.1 Å². The fraction of sp³-hybridized carbons (Fsp3) is 0.361. The second kappa shape index (κ2) is 13.5. The molecular weight excluding hydrogens is 717 g/mol. The van der Waals surface area contributed by atoms with Crippen molar-refractivity contribution in [1.29, 1.82) is 0 Å². The summed E-state index contributed by atoms with van der Waals surface area (Å²) in [6.07, 6.45) is 0.600. The van der Waals surface area contributed by atoms with E-state index in [1.165, 1.54) is 40.3 Å². The summed E-state index contributed by atoms with van der Waals surface area (Å²) in [6, 6.07) is 10.9. The molecule has 1 saturated heterocycles. The number of thiophene rings is 1. The van der Waals surface area contributed by atoms with Gasteiger partial charge in [-0.05, 0) is 46.5 Å². The molecule has 12 nitrogen and oxygen atoms in total. The predicted octanol–water partition coefficient (Wildman–Crippen LogP) is 6.08. The molecule has 4 atom stereocenters. The maximum Gasteiger partial charge on any atom is 0.459 e. The summed E-state index contributed by atoms with van der Waals surface area (Å²) in [5.74, 6) is -3.99. The first-order chi connectivity index (χ1) is 24.8. The fourth-order valence-electron chi connectivity index (χ4n) is 7.04. The van der Waals surface area contributed by atoms with Gasteiger partial charge in [0.05, 0.1) is 33.0 Å². The smallest absolute Gasteiger partial charge is 0.459 e. The molecule has 52 heavy (non-hydrogen) atoms. The first kappa shape index (κ1) is 36.0. The lowest BCUT2D eigenvalue weighted by Gasteiger charge is -2.51. The number of aromatic nitrogens is 1. The number of rotatable bonds is 8. The number of benzene rings is 2. The number of amides is 1. The van der Waals surface area contributed by atoms with Crippen LogP contribution in [0.5, 0.6) is 5.75 Å². The number of pyridine rings is 1. The minimum Gasteiger partial charge on any atom is -0.468 e. The van der Waals surface area contributed by atoms with Crippen LogP contribution in [-0.4, -0.2) is 67.1 Å². The lowest BCUT2D eigenvalue weighted by Crippen LogP contribution is -2.66. The summed E-state index contributed by atoms with van der Waals surface area (Å²) in [6.45, 7) is 6.90. The predicted molar refractivity (Wildman–Crippen MR) is 190 cm³/mol. The molecule has 0 spiro atoms. The fourth-order valence-corrected chi connectivity index (χ4v) is 9.74. The summed E-state index contributed by atoms with van der Waals surface area (Å²) >= 11 is 1.39. The van der Waals surface area contributed by atoms with Crippen molar-refractivity contribution < 1.29 is 41.5 Å². The van der Waals surface area contributed by atoms with Gasteiger partial charge in [-0.2, -0.15) is 5.09 Å². The number of nitrogens with zero attached hydrogens (tertiary/aromatic N) is 3. The standard InChI is InChI=1S/C36H37F2N4O8PS/c1-6-49-51(46,39-33(35(45)47-5)36(2,3)4)50-31-25(43)13-15-41-30(31)34(44)40-16-17-48-19-26(40)42(41)29-20-9-7-8-10-21(20)32-23(14-18-52-32)27-22(29)11-12-24(37)28(27)38/h7-15,18,26,29,33H,6,16-17,19H2,1-5H3,(H,39,46)/t26-,29-,33+,51?/m1/s1. The molecule has 3 aliphatic rings. The van der Waals surface area contributed by atoms with E-state index >= 15 is 8.78 Å². The Bertz CT molecular complexity index is 2190. The van der Waals surface area contributed by atoms with E-state index in [9.17, 15) is 18.9 Å². The third kappa shape index (κ3) is 5.94. The van der Waals surface area contributed by atoms with Crippen LogP contribution in [0.25, 0.3) is 21.6 Å². The Morgan fingerprint density at radius 3 is 2.60 bits per heavy atom. The van der Waals surface area contributed by atoms with E-state index in [1.54, 1.807) is 38.8 Å². The zero-order chi connectivity index (χ0) is 37.1. The highest BCUT2D eigenvalue weighted by Gasteiger charge is 2.48. The average Bonchev–Trinajstić information content (AvgIpc) is 3.56. The van der Waals surface area contributed by atoms with Crippen LogP contribution in [0.3, 0.4) is 0 Å². The molecule has 0 radical (unpaired) electrons. The number of fused-ring (bicyclic) bond motifs is 7. The van der Waals surface area contributed by atoms with Gasteiger partial charge in [-0.25, -0.2) is 13.3 Å². The number of halogens is 2. The molecule has 4 aromatic rings. The van der Waals surface area contributed by atoms with E-state index < -0.39 is 66.1 Å². The molecule has 0 bridgehead atoms. The van der Waals surface area contributed by atoms with Crippen LogP contribution in [0.2, 0.25) is 0 Å². The van der Waals surface area contributed by atoms with Gasteiger partial charge in [-0.15, -0.1) is 11.3 Å². The van der Waals surface area contributed by atoms with E-state index in [0.717, 1.165) is 28.1 Å². The minimum atomic E-state index is -4.57. The number of hydrogen-bond donors (Lipinski definition) is 1. The summed E-state index contributed by atoms with van der Waals surface area (Å²) in [4.78, 5) is 43.3. The summed E-state index contributed by atoms with van der Waals surface area (Å²) in [5, 5.41) is 6.26. The lowest BCUT2D eigenvalue weighted by molar-refractivity contribution is -0.145. The maximum absolute atomic E-state index is 16.1. The molecule has 2 aromatic heterocycles. The van der Waals surface area contributed by atoms with Crippen LogP contribution in [-0.2, 0) is 23.4 Å². The van der Waals surface area contributed by atoms with E-state index in [1.807, 2.05) is 29.6 Å². The summed E-state index contributed by atoms with van der Waals surface area (Å²) in [5.41, 5.74) is 0.571. The van der Waals surface area contributed by atoms with Gasteiger partial charge in [0.15, 0.2) is 17.3 Å². The van der Waals surface area contributed by atoms with Crippen molar-refractivity contribution in [3.05, 3.63) is 98.8 Å². The van der Waals surface area contributed by atoms with Gasteiger partial charge in [0.2, 0.25) is 11.2 Å². The third-order valence-corrected chi connectivity index (χ3v) is 11.9. The highest BCUT2D eigenvalue weighted by atomic mass is 32.1. The molecule has 2 aliphatic heterocycles. The number of ether oxygens (including phenoxy) is 2. The normalized spacial score (nSPS) is 19.6. The second-order valence-electron chi connectivity index (χ2n) is 13.6. The van der Waals surface area contributed by atoms with Crippen molar-refractivity contribution in [2.45, 2.75) is 45.9 Å². The first-order valence-electron chi connectivity index (χ1n) is 16.7. The molecule has 7 rings (SSSR count). The molecule has 1 unspecified atom stereocenters. The Morgan fingerprint density at radius 2 is 1.87 bits per heavy atom. The number of methoxy groups -OCH3 is 1. The van der Waals surface area contributed by atoms with Gasteiger partial charge >= 0.3 is 13.7 Å². The number of nitrogens with one attached hydrogen (secondary N) is 1. The van der Waals surface area contributed by atoms with Gasteiger partial charge in [0, 0.05) is 34.8 Å². The molecule has 4 heterocycles. The SMILES string of the molecule is CCOP(=O)(N[C@@H](C(=O)OC)C(C)(C)C)Oc1c2n(ccc1=O)N([C@@H]1c3ccccc3-c3sccc3-c3c1ccc(F)c3F)[C@@H]1COCCN1C2=O.